The summed E-state index contributed by atoms with van der Waals surface area (Å²) in [5.41, 5.74) is -0.721. The van der Waals surface area contributed by atoms with E-state index in [2.05, 4.69) is 5.32 Å². The Hall–Kier alpha value is -6.92. The van der Waals surface area contributed by atoms with Crippen molar-refractivity contribution in [3.63, 3.8) is 0 Å². The predicted molar refractivity (Wildman–Crippen MR) is 210 cm³/mol. The summed E-state index contributed by atoms with van der Waals surface area (Å²) < 4.78 is 17.3. The van der Waals surface area contributed by atoms with Crippen molar-refractivity contribution in [2.45, 2.75) is 21.9 Å². The number of phenolic OH excluding ortho intramolecular Hbond substituents is 3. The standard InChI is InChI=1S/C41H29N3O13S2/c1-43(35(49)25-10-18-2-3-20(45)11-29(18)56-39(25)53)15-32(48)42-33-36(50)44-34(38(51)52)19(17-59-37(33)44)16-58-23-6-9-26-24(14-23)40(54)57-41(26)27-7-4-21(46)12-30(27)55-31-13-22(47)5-8-28(31)41/h2-14,33,37,45-47H,15-17H2,1H3,(H,42,48)(H,51,52). The van der Waals surface area contributed by atoms with E-state index in [1.807, 2.05) is 0 Å². The van der Waals surface area contributed by atoms with E-state index < -0.39 is 58.8 Å². The van der Waals surface area contributed by atoms with Crippen LogP contribution in [0.2, 0.25) is 0 Å². The number of phenols is 3. The summed E-state index contributed by atoms with van der Waals surface area (Å²) in [5.74, 6) is -3.54. The smallest absolute Gasteiger partial charge is 0.352 e. The molecule has 298 valence electrons. The van der Waals surface area contributed by atoms with Gasteiger partial charge in [0.05, 0.1) is 12.1 Å². The van der Waals surface area contributed by atoms with E-state index in [4.69, 9.17) is 13.9 Å². The maximum absolute atomic E-state index is 13.6. The molecule has 4 aliphatic heterocycles. The first-order valence-electron chi connectivity index (χ1n) is 17.8. The zero-order valence-corrected chi connectivity index (χ0v) is 32.1. The molecule has 18 heteroatoms. The highest BCUT2D eigenvalue weighted by Crippen LogP contribution is 2.57. The lowest BCUT2D eigenvalue weighted by Gasteiger charge is -2.49. The average molecular weight is 836 g/mol. The quantitative estimate of drug-likeness (QED) is 0.0642. The van der Waals surface area contributed by atoms with Gasteiger partial charge >= 0.3 is 17.6 Å². The normalized spacial score (nSPS) is 18.2. The van der Waals surface area contributed by atoms with Crippen LogP contribution >= 0.6 is 23.5 Å². The van der Waals surface area contributed by atoms with Crippen molar-refractivity contribution < 1.29 is 58.3 Å². The van der Waals surface area contributed by atoms with Crippen LogP contribution in [0.3, 0.4) is 0 Å². The lowest BCUT2D eigenvalue weighted by atomic mass is 9.77. The first kappa shape index (κ1) is 37.6. The third-order valence-corrected chi connectivity index (χ3v) is 12.8. The molecule has 16 nitrogen and oxygen atoms in total. The Labute approximate surface area is 340 Å². The van der Waals surface area contributed by atoms with E-state index in [9.17, 15) is 49.2 Å². The van der Waals surface area contributed by atoms with Crippen LogP contribution in [0.5, 0.6) is 28.7 Å². The fourth-order valence-corrected chi connectivity index (χ4v) is 10.1. The van der Waals surface area contributed by atoms with Crippen LogP contribution in [-0.4, -0.2) is 96.4 Å². The molecule has 1 spiro atoms. The highest BCUT2D eigenvalue weighted by Gasteiger charge is 2.55. The van der Waals surface area contributed by atoms with Crippen molar-refractivity contribution in [3.05, 3.63) is 128 Å². The number of thioether (sulfide) groups is 2. The number of amides is 3. The second-order valence-corrected chi connectivity index (χ2v) is 16.2. The van der Waals surface area contributed by atoms with Crippen molar-refractivity contribution in [3.8, 4) is 28.7 Å². The van der Waals surface area contributed by atoms with E-state index in [-0.39, 0.29) is 62.7 Å². The first-order valence-corrected chi connectivity index (χ1v) is 19.8. The van der Waals surface area contributed by atoms with E-state index in [0.29, 0.717) is 32.5 Å². The minimum Gasteiger partial charge on any atom is -0.508 e. The summed E-state index contributed by atoms with van der Waals surface area (Å²) in [6.45, 7) is -0.522. The Morgan fingerprint density at radius 2 is 1.56 bits per heavy atom. The van der Waals surface area contributed by atoms with Gasteiger partial charge in [0.2, 0.25) is 5.91 Å². The van der Waals surface area contributed by atoms with Gasteiger partial charge in [-0.05, 0) is 60.2 Å². The number of β-lactam (4-membered cyclic amide) rings is 1. The third kappa shape index (κ3) is 6.10. The van der Waals surface area contributed by atoms with Crippen molar-refractivity contribution in [1.29, 1.82) is 0 Å². The molecule has 5 heterocycles. The number of hydrogen-bond donors (Lipinski definition) is 5. The van der Waals surface area contributed by atoms with Crippen LogP contribution < -0.4 is 15.7 Å². The highest BCUT2D eigenvalue weighted by atomic mass is 32.2. The van der Waals surface area contributed by atoms with Crippen LogP contribution in [0.1, 0.15) is 37.4 Å². The number of ether oxygens (including phenoxy) is 2. The van der Waals surface area contributed by atoms with Gasteiger partial charge in [0, 0.05) is 63.7 Å². The van der Waals surface area contributed by atoms with E-state index in [1.54, 1.807) is 30.3 Å². The predicted octanol–water partition coefficient (Wildman–Crippen LogP) is 4.08. The average Bonchev–Trinajstić information content (AvgIpc) is 3.48. The molecule has 0 aliphatic carbocycles. The van der Waals surface area contributed by atoms with Gasteiger partial charge in [-0.3, -0.25) is 19.3 Å². The number of nitrogens with zero attached hydrogens (tertiary/aromatic N) is 2. The van der Waals surface area contributed by atoms with Gasteiger partial charge < -0.3 is 44.5 Å². The van der Waals surface area contributed by atoms with Crippen LogP contribution in [0.15, 0.2) is 104 Å². The van der Waals surface area contributed by atoms with Crippen LogP contribution in [0, 0.1) is 0 Å². The number of nitrogens with one attached hydrogen (secondary N) is 1. The number of carbonyl (C=O) groups is 5. The lowest BCUT2D eigenvalue weighted by molar-refractivity contribution is -0.150. The molecule has 0 bridgehead atoms. The number of aromatic hydroxyl groups is 3. The first-order chi connectivity index (χ1) is 28.2. The summed E-state index contributed by atoms with van der Waals surface area (Å²) in [4.78, 5) is 80.9. The van der Waals surface area contributed by atoms with Gasteiger partial charge in [-0.2, -0.15) is 0 Å². The molecule has 4 aliphatic rings. The topological polar surface area (TPSA) is 233 Å². The van der Waals surface area contributed by atoms with Gasteiger partial charge in [-0.25, -0.2) is 14.4 Å². The zero-order chi connectivity index (χ0) is 41.5. The van der Waals surface area contributed by atoms with Crippen molar-refractivity contribution in [2.75, 3.05) is 25.1 Å². The molecule has 1 fully saturated rings. The maximum atomic E-state index is 13.6. The van der Waals surface area contributed by atoms with Crippen molar-refractivity contribution in [1.82, 2.24) is 15.1 Å². The molecular formula is C41H29N3O13S2. The summed E-state index contributed by atoms with van der Waals surface area (Å²) in [7, 11) is 1.30. The van der Waals surface area contributed by atoms with Crippen LogP contribution in [0.4, 0.5) is 0 Å². The van der Waals surface area contributed by atoms with Gasteiger partial charge in [0.1, 0.15) is 57.0 Å². The molecular weight excluding hydrogens is 807 g/mol. The second-order valence-electron chi connectivity index (χ2n) is 14.1. The second kappa shape index (κ2) is 13.9. The number of rotatable bonds is 8. The largest absolute Gasteiger partial charge is 0.508 e. The Morgan fingerprint density at radius 1 is 0.898 bits per heavy atom. The van der Waals surface area contributed by atoms with Crippen LogP contribution in [-0.2, 0) is 24.7 Å². The van der Waals surface area contributed by atoms with E-state index in [0.717, 1.165) is 9.80 Å². The summed E-state index contributed by atoms with van der Waals surface area (Å²) in [6.07, 6.45) is 0. The van der Waals surface area contributed by atoms with Gasteiger partial charge in [-0.1, -0.05) is 6.07 Å². The monoisotopic (exact) mass is 835 g/mol. The van der Waals surface area contributed by atoms with Gasteiger partial charge in [-0.15, -0.1) is 23.5 Å². The Bertz CT molecular complexity index is 2770. The van der Waals surface area contributed by atoms with Gasteiger partial charge in [0.25, 0.3) is 11.8 Å². The fourth-order valence-electron chi connectivity index (χ4n) is 7.70. The molecule has 2 unspecified atom stereocenters. The van der Waals surface area contributed by atoms with Crippen molar-refractivity contribution >= 4 is 64.2 Å². The summed E-state index contributed by atoms with van der Waals surface area (Å²) >= 11 is 2.52. The number of hydrogen-bond acceptors (Lipinski definition) is 14. The number of carboxylic acids is 1. The number of benzene rings is 4. The Morgan fingerprint density at radius 3 is 2.25 bits per heavy atom. The van der Waals surface area contributed by atoms with E-state index in [1.165, 1.54) is 79.1 Å². The number of aliphatic carboxylic acids is 1. The lowest BCUT2D eigenvalue weighted by Crippen LogP contribution is -2.71. The maximum Gasteiger partial charge on any atom is 0.352 e. The Kier molecular flexibility index (Phi) is 8.85. The molecule has 1 saturated heterocycles. The van der Waals surface area contributed by atoms with E-state index >= 15 is 0 Å². The molecule has 5 N–H and O–H groups in total. The van der Waals surface area contributed by atoms with Crippen LogP contribution in [0.25, 0.3) is 11.0 Å². The number of fused-ring (bicyclic) bond motifs is 8. The third-order valence-electron chi connectivity index (χ3n) is 10.4. The number of esters is 1. The molecule has 0 saturated carbocycles. The Balaban J connectivity index is 0.895. The minimum absolute atomic E-state index is 0.0715. The summed E-state index contributed by atoms with van der Waals surface area (Å²) in [5, 5.41) is 42.5. The number of carboxylic acid groups (broad SMARTS) is 1. The molecule has 9 rings (SSSR count). The SMILES string of the molecule is CN(CC(=O)NC1C(=O)N2C(C(=O)O)=C(CSc3ccc4c(c3)C(=O)OC43c4ccc(O)cc4Oc4cc(O)ccc43)CSC12)C(=O)c1cc2ccc(O)cc2oc1=O. The molecule has 1 aromatic heterocycles. The molecule has 59 heavy (non-hydrogen) atoms. The minimum atomic E-state index is -1.44. The number of carbonyl (C=O) groups excluding carboxylic acids is 4. The number of likely N-dealkylation sites (N-methyl/N-ethyl adjacent to an activating group) is 1. The van der Waals surface area contributed by atoms with Gasteiger partial charge in [0.15, 0.2) is 5.60 Å². The fraction of sp³-hybridized carbons (Fsp3) is 0.171. The van der Waals surface area contributed by atoms with Crippen molar-refractivity contribution in [2.24, 2.45) is 0 Å². The zero-order valence-electron chi connectivity index (χ0n) is 30.5. The molecule has 5 aromatic rings. The summed E-state index contributed by atoms with van der Waals surface area (Å²) in [6, 6.07) is 18.3. The molecule has 3 amide bonds. The highest BCUT2D eigenvalue weighted by molar-refractivity contribution is 8.01. The molecule has 2 atom stereocenters. The molecule has 4 aromatic carbocycles. The molecule has 0 radical (unpaired) electrons.